The predicted octanol–water partition coefficient (Wildman–Crippen LogP) is 1.08. The fourth-order valence-corrected chi connectivity index (χ4v) is 1.81. The van der Waals surface area contributed by atoms with Gasteiger partial charge in [0.2, 0.25) is 5.91 Å². The average molecular weight is 375 g/mol. The number of hydrogen-bond donors (Lipinski definition) is 3. The van der Waals surface area contributed by atoms with Gasteiger partial charge >= 0.3 is 18.2 Å². The zero-order valence-corrected chi connectivity index (χ0v) is 16.1. The number of aliphatic carboxylic acids is 1. The summed E-state index contributed by atoms with van der Waals surface area (Å²) in [5.74, 6) is -2.29. The fourth-order valence-electron chi connectivity index (χ4n) is 1.81. The molecule has 0 heterocycles. The number of carbonyl (C=O) groups excluding carboxylic acids is 3. The van der Waals surface area contributed by atoms with Crippen molar-refractivity contribution in [3.8, 4) is 0 Å². The van der Waals surface area contributed by atoms with Crippen LogP contribution in [0.4, 0.5) is 9.59 Å². The van der Waals surface area contributed by atoms with Crippen LogP contribution in [0.2, 0.25) is 0 Å². The summed E-state index contributed by atoms with van der Waals surface area (Å²) in [7, 11) is 0. The van der Waals surface area contributed by atoms with E-state index in [0.717, 1.165) is 4.90 Å². The molecule has 0 aromatic heterocycles. The number of hydrogen-bond acceptors (Lipinski definition) is 6. The van der Waals surface area contributed by atoms with Crippen molar-refractivity contribution in [3.05, 3.63) is 0 Å². The van der Waals surface area contributed by atoms with Gasteiger partial charge in [-0.15, -0.1) is 0 Å². The van der Waals surface area contributed by atoms with E-state index in [4.69, 9.17) is 15.2 Å². The molecule has 0 aliphatic heterocycles. The molecule has 0 saturated carbocycles. The molecule has 0 fully saturated rings. The standard InChI is InChI=1S/C16H29N3O7/c1-15(2,3)25-13(23)18-7-8-19(14(24)26-16(4,5)6)10(12(21)22)9-11(17)20/h10H,7-9H2,1-6H3,(H2,17,20)(H,18,23)(H,21,22)/t10-/m0/s1. The molecule has 0 saturated heterocycles. The van der Waals surface area contributed by atoms with Crippen LogP contribution in [0.1, 0.15) is 48.0 Å². The quantitative estimate of drug-likeness (QED) is 0.603. The van der Waals surface area contributed by atoms with Gasteiger partial charge in [0.15, 0.2) is 0 Å². The van der Waals surface area contributed by atoms with Crippen LogP contribution in [0.15, 0.2) is 0 Å². The molecule has 0 aliphatic carbocycles. The minimum absolute atomic E-state index is 0.100. The lowest BCUT2D eigenvalue weighted by atomic mass is 10.1. The Bertz CT molecular complexity index is 535. The van der Waals surface area contributed by atoms with Crippen LogP contribution in [0.5, 0.6) is 0 Å². The minimum atomic E-state index is -1.51. The molecule has 1 atom stereocenters. The molecule has 0 radical (unpaired) electrons. The number of nitrogens with one attached hydrogen (secondary N) is 1. The summed E-state index contributed by atoms with van der Waals surface area (Å²) in [6, 6.07) is -1.51. The van der Waals surface area contributed by atoms with E-state index in [9.17, 15) is 24.3 Å². The largest absolute Gasteiger partial charge is 0.480 e. The highest BCUT2D eigenvalue weighted by Crippen LogP contribution is 2.14. The molecule has 0 aromatic rings. The first-order chi connectivity index (χ1) is 11.6. The molecule has 0 aliphatic rings. The molecule has 26 heavy (non-hydrogen) atoms. The summed E-state index contributed by atoms with van der Waals surface area (Å²) >= 11 is 0. The van der Waals surface area contributed by atoms with Crippen molar-refractivity contribution in [1.82, 2.24) is 10.2 Å². The van der Waals surface area contributed by atoms with E-state index in [2.05, 4.69) is 5.32 Å². The summed E-state index contributed by atoms with van der Waals surface area (Å²) in [5, 5.41) is 11.7. The van der Waals surface area contributed by atoms with Crippen molar-refractivity contribution in [2.24, 2.45) is 5.73 Å². The summed E-state index contributed by atoms with van der Waals surface area (Å²) in [6.45, 7) is 9.60. The Labute approximate surface area is 153 Å². The number of alkyl carbamates (subject to hydrolysis) is 1. The van der Waals surface area contributed by atoms with Gasteiger partial charge in [0.05, 0.1) is 6.42 Å². The number of carbonyl (C=O) groups is 4. The van der Waals surface area contributed by atoms with E-state index in [1.807, 2.05) is 0 Å². The highest BCUT2D eigenvalue weighted by Gasteiger charge is 2.34. The van der Waals surface area contributed by atoms with E-state index in [0.29, 0.717) is 0 Å². The van der Waals surface area contributed by atoms with Crippen molar-refractivity contribution in [2.75, 3.05) is 13.1 Å². The van der Waals surface area contributed by atoms with Crippen molar-refractivity contribution in [1.29, 1.82) is 0 Å². The van der Waals surface area contributed by atoms with Crippen molar-refractivity contribution < 1.29 is 33.8 Å². The third-order valence-electron chi connectivity index (χ3n) is 2.70. The lowest BCUT2D eigenvalue weighted by Crippen LogP contribution is -2.51. The lowest BCUT2D eigenvalue weighted by molar-refractivity contribution is -0.145. The molecular weight excluding hydrogens is 346 g/mol. The summed E-state index contributed by atoms with van der Waals surface area (Å²) < 4.78 is 10.2. The summed E-state index contributed by atoms with van der Waals surface area (Å²) in [5.41, 5.74) is 3.50. The molecule has 10 heteroatoms. The zero-order valence-electron chi connectivity index (χ0n) is 16.1. The van der Waals surface area contributed by atoms with Crippen LogP contribution >= 0.6 is 0 Å². The zero-order chi connectivity index (χ0) is 20.7. The Morgan fingerprint density at radius 3 is 1.92 bits per heavy atom. The lowest BCUT2D eigenvalue weighted by Gasteiger charge is -2.31. The Kier molecular flexibility index (Phi) is 8.36. The van der Waals surface area contributed by atoms with E-state index < -0.39 is 47.7 Å². The fraction of sp³-hybridized carbons (Fsp3) is 0.750. The van der Waals surface area contributed by atoms with Crippen LogP contribution in [0, 0.1) is 0 Å². The number of amides is 3. The number of ether oxygens (including phenoxy) is 2. The number of nitrogens with zero attached hydrogens (tertiary/aromatic N) is 1. The SMILES string of the molecule is CC(C)(C)OC(=O)NCCN(C(=O)OC(C)(C)C)[C@@H](CC(N)=O)C(=O)O. The monoisotopic (exact) mass is 375 g/mol. The van der Waals surface area contributed by atoms with Gasteiger partial charge in [-0.25, -0.2) is 14.4 Å². The Morgan fingerprint density at radius 1 is 1.04 bits per heavy atom. The Hall–Kier alpha value is -2.52. The van der Waals surface area contributed by atoms with Gasteiger partial charge in [-0.2, -0.15) is 0 Å². The average Bonchev–Trinajstić information content (AvgIpc) is 2.36. The third kappa shape index (κ3) is 10.4. The molecule has 4 N–H and O–H groups in total. The van der Waals surface area contributed by atoms with Crippen molar-refractivity contribution >= 4 is 24.1 Å². The second-order valence-corrected chi connectivity index (χ2v) is 7.63. The molecule has 0 aromatic carbocycles. The van der Waals surface area contributed by atoms with Crippen molar-refractivity contribution in [2.45, 2.75) is 65.2 Å². The molecule has 0 rings (SSSR count). The molecule has 10 nitrogen and oxygen atoms in total. The number of carboxylic acids is 1. The van der Waals surface area contributed by atoms with E-state index in [1.165, 1.54) is 0 Å². The van der Waals surface area contributed by atoms with E-state index in [-0.39, 0.29) is 13.1 Å². The molecule has 0 bridgehead atoms. The van der Waals surface area contributed by atoms with Gasteiger partial charge in [-0.3, -0.25) is 9.69 Å². The van der Waals surface area contributed by atoms with Crippen molar-refractivity contribution in [3.63, 3.8) is 0 Å². The summed E-state index contributed by atoms with van der Waals surface area (Å²) in [4.78, 5) is 47.5. The number of primary amides is 1. The topological polar surface area (TPSA) is 148 Å². The van der Waals surface area contributed by atoms with Crippen LogP contribution in [0.25, 0.3) is 0 Å². The first-order valence-electron chi connectivity index (χ1n) is 8.10. The van der Waals surface area contributed by atoms with Gasteiger partial charge in [-0.05, 0) is 41.5 Å². The van der Waals surface area contributed by atoms with Gasteiger partial charge in [0, 0.05) is 13.1 Å². The smallest absolute Gasteiger partial charge is 0.411 e. The number of rotatable bonds is 7. The van der Waals surface area contributed by atoms with Gasteiger partial charge < -0.3 is 25.6 Å². The normalized spacial score (nSPS) is 12.7. The van der Waals surface area contributed by atoms with E-state index in [1.54, 1.807) is 41.5 Å². The second kappa shape index (κ2) is 9.25. The number of carboxylic acid groups (broad SMARTS) is 1. The third-order valence-corrected chi connectivity index (χ3v) is 2.70. The van der Waals surface area contributed by atoms with Gasteiger partial charge in [-0.1, -0.05) is 0 Å². The van der Waals surface area contributed by atoms with Crippen LogP contribution in [-0.2, 0) is 19.1 Å². The maximum atomic E-state index is 12.3. The molecule has 3 amide bonds. The van der Waals surface area contributed by atoms with Gasteiger partial charge in [0.1, 0.15) is 17.2 Å². The first kappa shape index (κ1) is 23.5. The van der Waals surface area contributed by atoms with Crippen LogP contribution in [-0.4, -0.2) is 64.4 Å². The predicted molar refractivity (Wildman–Crippen MR) is 92.4 cm³/mol. The molecule has 0 spiro atoms. The first-order valence-corrected chi connectivity index (χ1v) is 8.10. The second-order valence-electron chi connectivity index (χ2n) is 7.63. The van der Waals surface area contributed by atoms with Crippen LogP contribution < -0.4 is 11.1 Å². The van der Waals surface area contributed by atoms with Gasteiger partial charge in [0.25, 0.3) is 0 Å². The maximum Gasteiger partial charge on any atom is 0.411 e. The molecule has 0 unspecified atom stereocenters. The highest BCUT2D eigenvalue weighted by molar-refractivity contribution is 5.86. The molecule has 150 valence electrons. The Balaban J connectivity index is 5.14. The maximum absolute atomic E-state index is 12.3. The van der Waals surface area contributed by atoms with Crippen LogP contribution in [0.3, 0.4) is 0 Å². The molecular formula is C16H29N3O7. The minimum Gasteiger partial charge on any atom is -0.480 e. The van der Waals surface area contributed by atoms with E-state index >= 15 is 0 Å². The Morgan fingerprint density at radius 2 is 1.54 bits per heavy atom. The number of nitrogens with two attached hydrogens (primary N) is 1. The highest BCUT2D eigenvalue weighted by atomic mass is 16.6. The summed E-state index contributed by atoms with van der Waals surface area (Å²) in [6.07, 6.45) is -2.23.